The molecule has 0 fully saturated rings. The van der Waals surface area contributed by atoms with E-state index in [9.17, 15) is 9.18 Å². The molecule has 0 aliphatic heterocycles. The molecule has 1 aromatic rings. The summed E-state index contributed by atoms with van der Waals surface area (Å²) in [4.78, 5) is 10.9. The van der Waals surface area contributed by atoms with Crippen LogP contribution in [0.15, 0.2) is 18.2 Å². The van der Waals surface area contributed by atoms with Gasteiger partial charge in [0.25, 0.3) is 0 Å². The summed E-state index contributed by atoms with van der Waals surface area (Å²) >= 11 is 0. The minimum absolute atomic E-state index is 0.214. The standard InChI is InChI=1S/C11H11FO/c1-11(7-13)5-4-8-6-9(12)2-3-10(8)11/h2-3,6-7H,4-5H2,1H3. The molecule has 2 rings (SSSR count). The monoisotopic (exact) mass is 178 g/mol. The SMILES string of the molecule is CC1(C=O)CCc2cc(F)ccc21. The van der Waals surface area contributed by atoms with Crippen LogP contribution in [-0.2, 0) is 16.6 Å². The van der Waals surface area contributed by atoms with Gasteiger partial charge in [-0.05, 0) is 43.0 Å². The average molecular weight is 178 g/mol. The first-order valence-electron chi connectivity index (χ1n) is 4.41. The molecule has 1 atom stereocenters. The van der Waals surface area contributed by atoms with E-state index >= 15 is 0 Å². The molecule has 1 aromatic carbocycles. The number of rotatable bonds is 1. The van der Waals surface area contributed by atoms with Gasteiger partial charge in [-0.3, -0.25) is 0 Å². The maximum atomic E-state index is 12.8. The van der Waals surface area contributed by atoms with Gasteiger partial charge in [-0.1, -0.05) is 6.07 Å². The summed E-state index contributed by atoms with van der Waals surface area (Å²) in [6, 6.07) is 4.68. The molecule has 1 aliphatic rings. The van der Waals surface area contributed by atoms with Gasteiger partial charge in [-0.2, -0.15) is 0 Å². The number of benzene rings is 1. The van der Waals surface area contributed by atoms with Crippen molar-refractivity contribution in [3.8, 4) is 0 Å². The predicted octanol–water partition coefficient (Wildman–Crippen LogP) is 2.23. The topological polar surface area (TPSA) is 17.1 Å². The molecule has 0 saturated heterocycles. The van der Waals surface area contributed by atoms with Crippen molar-refractivity contribution < 1.29 is 9.18 Å². The van der Waals surface area contributed by atoms with Crippen LogP contribution in [0.2, 0.25) is 0 Å². The number of aldehydes is 1. The fraction of sp³-hybridized carbons (Fsp3) is 0.364. The van der Waals surface area contributed by atoms with Gasteiger partial charge in [0, 0.05) is 5.41 Å². The third-order valence-corrected chi connectivity index (χ3v) is 2.86. The number of carbonyl (C=O) groups excluding carboxylic acids is 1. The molecule has 0 saturated carbocycles. The molecule has 1 unspecified atom stereocenters. The van der Waals surface area contributed by atoms with Crippen molar-refractivity contribution in [1.29, 1.82) is 0 Å². The highest BCUT2D eigenvalue weighted by atomic mass is 19.1. The van der Waals surface area contributed by atoms with Crippen molar-refractivity contribution >= 4 is 6.29 Å². The number of halogens is 1. The average Bonchev–Trinajstić information content (AvgIpc) is 2.45. The van der Waals surface area contributed by atoms with Crippen LogP contribution < -0.4 is 0 Å². The summed E-state index contributed by atoms with van der Waals surface area (Å²) < 4.78 is 12.8. The number of hydrogen-bond donors (Lipinski definition) is 0. The number of hydrogen-bond acceptors (Lipinski definition) is 1. The molecule has 2 heteroatoms. The second-order valence-electron chi connectivity index (χ2n) is 3.84. The van der Waals surface area contributed by atoms with E-state index in [4.69, 9.17) is 0 Å². The van der Waals surface area contributed by atoms with Gasteiger partial charge in [0.2, 0.25) is 0 Å². The molecule has 0 spiro atoms. The van der Waals surface area contributed by atoms with Gasteiger partial charge >= 0.3 is 0 Å². The number of fused-ring (bicyclic) bond motifs is 1. The quantitative estimate of drug-likeness (QED) is 0.603. The van der Waals surface area contributed by atoms with Crippen molar-refractivity contribution in [3.05, 3.63) is 35.1 Å². The van der Waals surface area contributed by atoms with E-state index in [0.29, 0.717) is 0 Å². The van der Waals surface area contributed by atoms with Gasteiger partial charge < -0.3 is 4.79 Å². The first kappa shape index (κ1) is 8.42. The first-order valence-corrected chi connectivity index (χ1v) is 4.41. The lowest BCUT2D eigenvalue weighted by Crippen LogP contribution is -2.19. The summed E-state index contributed by atoms with van der Waals surface area (Å²) in [5, 5.41) is 0. The maximum absolute atomic E-state index is 12.8. The molecule has 1 aliphatic carbocycles. The Morgan fingerprint density at radius 1 is 1.54 bits per heavy atom. The molecule has 0 N–H and O–H groups in total. The Balaban J connectivity index is 2.55. The zero-order chi connectivity index (χ0) is 9.47. The Morgan fingerprint density at radius 3 is 3.00 bits per heavy atom. The van der Waals surface area contributed by atoms with Crippen molar-refractivity contribution in [2.24, 2.45) is 0 Å². The number of carbonyl (C=O) groups is 1. The smallest absolute Gasteiger partial charge is 0.130 e. The highest BCUT2D eigenvalue weighted by Crippen LogP contribution is 2.37. The molecule has 0 radical (unpaired) electrons. The molecule has 13 heavy (non-hydrogen) atoms. The van der Waals surface area contributed by atoms with Gasteiger partial charge in [0.15, 0.2) is 0 Å². The van der Waals surface area contributed by atoms with Crippen LogP contribution in [0.25, 0.3) is 0 Å². The van der Waals surface area contributed by atoms with Crippen LogP contribution >= 0.6 is 0 Å². The summed E-state index contributed by atoms with van der Waals surface area (Å²) in [5.41, 5.74) is 1.58. The van der Waals surface area contributed by atoms with Crippen molar-refractivity contribution in [3.63, 3.8) is 0 Å². The molecule has 1 nitrogen and oxygen atoms in total. The molecule has 0 aromatic heterocycles. The predicted molar refractivity (Wildman–Crippen MR) is 48.1 cm³/mol. The van der Waals surface area contributed by atoms with E-state index in [1.165, 1.54) is 12.1 Å². The van der Waals surface area contributed by atoms with Crippen LogP contribution in [0, 0.1) is 5.82 Å². The highest BCUT2D eigenvalue weighted by molar-refractivity contribution is 5.70. The van der Waals surface area contributed by atoms with Crippen LogP contribution in [0.4, 0.5) is 4.39 Å². The van der Waals surface area contributed by atoms with E-state index in [0.717, 1.165) is 30.3 Å². The normalized spacial score (nSPS) is 25.7. The van der Waals surface area contributed by atoms with Gasteiger partial charge in [-0.25, -0.2) is 4.39 Å². The zero-order valence-corrected chi connectivity index (χ0v) is 7.51. The largest absolute Gasteiger partial charge is 0.302 e. The van der Waals surface area contributed by atoms with Crippen LogP contribution in [0.5, 0.6) is 0 Å². The fourth-order valence-corrected chi connectivity index (χ4v) is 1.98. The Morgan fingerprint density at radius 2 is 2.31 bits per heavy atom. The van der Waals surface area contributed by atoms with Crippen LogP contribution in [0.3, 0.4) is 0 Å². The Kier molecular flexibility index (Phi) is 1.72. The molecule has 0 heterocycles. The van der Waals surface area contributed by atoms with E-state index in [1.54, 1.807) is 6.07 Å². The van der Waals surface area contributed by atoms with Crippen LogP contribution in [-0.4, -0.2) is 6.29 Å². The van der Waals surface area contributed by atoms with Gasteiger partial charge in [0.05, 0.1) is 0 Å². The molecular weight excluding hydrogens is 167 g/mol. The van der Waals surface area contributed by atoms with E-state index < -0.39 is 0 Å². The van der Waals surface area contributed by atoms with Crippen molar-refractivity contribution in [1.82, 2.24) is 0 Å². The second-order valence-corrected chi connectivity index (χ2v) is 3.84. The molecule has 0 bridgehead atoms. The Bertz CT molecular complexity index is 359. The lowest BCUT2D eigenvalue weighted by Gasteiger charge is -2.16. The van der Waals surface area contributed by atoms with Crippen molar-refractivity contribution in [2.75, 3.05) is 0 Å². The molecular formula is C11H11FO. The van der Waals surface area contributed by atoms with Crippen molar-refractivity contribution in [2.45, 2.75) is 25.2 Å². The van der Waals surface area contributed by atoms with Gasteiger partial charge in [-0.15, -0.1) is 0 Å². The van der Waals surface area contributed by atoms with Gasteiger partial charge in [0.1, 0.15) is 12.1 Å². The lowest BCUT2D eigenvalue weighted by atomic mass is 9.86. The summed E-state index contributed by atoms with van der Waals surface area (Å²) in [7, 11) is 0. The van der Waals surface area contributed by atoms with Crippen LogP contribution in [0.1, 0.15) is 24.5 Å². The zero-order valence-electron chi connectivity index (χ0n) is 7.51. The highest BCUT2D eigenvalue weighted by Gasteiger charge is 2.33. The molecule has 68 valence electrons. The first-order chi connectivity index (χ1) is 6.15. The summed E-state index contributed by atoms with van der Waals surface area (Å²) in [6.07, 6.45) is 2.58. The van der Waals surface area contributed by atoms with E-state index in [-0.39, 0.29) is 11.2 Å². The Hall–Kier alpha value is -1.18. The third kappa shape index (κ3) is 1.17. The third-order valence-electron chi connectivity index (χ3n) is 2.86. The Labute approximate surface area is 76.6 Å². The second kappa shape index (κ2) is 2.66. The van der Waals surface area contributed by atoms with E-state index in [1.807, 2.05) is 6.92 Å². The minimum atomic E-state index is -0.386. The number of aryl methyl sites for hydroxylation is 1. The summed E-state index contributed by atoms with van der Waals surface area (Å²) in [5.74, 6) is -0.214. The molecule has 0 amide bonds. The maximum Gasteiger partial charge on any atom is 0.130 e. The lowest BCUT2D eigenvalue weighted by molar-refractivity contribution is -0.112. The van der Waals surface area contributed by atoms with E-state index in [2.05, 4.69) is 0 Å². The fourth-order valence-electron chi connectivity index (χ4n) is 1.98. The minimum Gasteiger partial charge on any atom is -0.302 e. The summed E-state index contributed by atoms with van der Waals surface area (Å²) in [6.45, 7) is 1.91.